The molecule has 0 aliphatic heterocycles. The fraction of sp³-hybridized carbons (Fsp3) is 0.222. The third kappa shape index (κ3) is 4.75. The van der Waals surface area contributed by atoms with E-state index in [2.05, 4.69) is 5.73 Å². The van der Waals surface area contributed by atoms with E-state index in [0.29, 0.717) is 13.0 Å². The van der Waals surface area contributed by atoms with Crippen molar-refractivity contribution in [1.29, 1.82) is 0 Å². The minimum Gasteiger partial charge on any atom is -0.489 e. The number of aryl methyl sites for hydroxylation is 1. The van der Waals surface area contributed by atoms with E-state index in [0.717, 1.165) is 23.3 Å². The van der Waals surface area contributed by atoms with Crippen LogP contribution in [0.2, 0.25) is 0 Å². The summed E-state index contributed by atoms with van der Waals surface area (Å²) in [5.74, 6) is 1.06. The minimum atomic E-state index is 0.221. The predicted octanol–water partition coefficient (Wildman–Crippen LogP) is 3.79. The van der Waals surface area contributed by atoms with Crippen LogP contribution in [0.1, 0.15) is 18.9 Å². The molecule has 1 aromatic carbocycles. The molecule has 0 amide bonds. The van der Waals surface area contributed by atoms with Gasteiger partial charge in [0.05, 0.1) is 0 Å². The molecular formula is C18H18O2. The van der Waals surface area contributed by atoms with Crippen LogP contribution in [0.15, 0.2) is 65.9 Å². The van der Waals surface area contributed by atoms with Gasteiger partial charge < -0.3 is 9.53 Å². The highest BCUT2D eigenvalue weighted by atomic mass is 16.5. The van der Waals surface area contributed by atoms with E-state index in [4.69, 9.17) is 4.74 Å². The van der Waals surface area contributed by atoms with E-state index in [1.54, 1.807) is 6.92 Å². The largest absolute Gasteiger partial charge is 0.489 e. The minimum absolute atomic E-state index is 0.221. The van der Waals surface area contributed by atoms with Crippen molar-refractivity contribution in [2.75, 3.05) is 6.61 Å². The fourth-order valence-corrected chi connectivity index (χ4v) is 1.83. The van der Waals surface area contributed by atoms with Crippen LogP contribution in [0.5, 0.6) is 5.75 Å². The standard InChI is InChI=1S/C18H18O2/c1-15(19)8-9-16-10-12-18(13-11-16)20-14-17-6-4-2-3-5-7-17/h2,4-7,10-13H,8-9,14H2,1H3. The molecule has 1 aromatic rings. The molecule has 0 radical (unpaired) electrons. The van der Waals surface area contributed by atoms with E-state index < -0.39 is 0 Å². The Kier molecular flexibility index (Phi) is 5.16. The molecule has 0 N–H and O–H groups in total. The van der Waals surface area contributed by atoms with Gasteiger partial charge >= 0.3 is 0 Å². The molecule has 102 valence electrons. The Bertz CT molecular complexity index is 582. The highest BCUT2D eigenvalue weighted by molar-refractivity contribution is 5.75. The summed E-state index contributed by atoms with van der Waals surface area (Å²) in [5.41, 5.74) is 5.27. The van der Waals surface area contributed by atoms with E-state index in [9.17, 15) is 4.79 Å². The molecule has 1 aliphatic rings. The van der Waals surface area contributed by atoms with Gasteiger partial charge in [0.15, 0.2) is 0 Å². The Labute approximate surface area is 119 Å². The number of allylic oxidation sites excluding steroid dienone is 3. The van der Waals surface area contributed by atoms with Crippen LogP contribution in [-0.2, 0) is 11.2 Å². The van der Waals surface area contributed by atoms with E-state index in [1.165, 1.54) is 0 Å². The number of ketones is 1. The molecule has 20 heavy (non-hydrogen) atoms. The van der Waals surface area contributed by atoms with Gasteiger partial charge in [-0.3, -0.25) is 0 Å². The smallest absolute Gasteiger partial charge is 0.130 e. The summed E-state index contributed by atoms with van der Waals surface area (Å²) in [6.45, 7) is 2.16. The van der Waals surface area contributed by atoms with Crippen molar-refractivity contribution in [2.24, 2.45) is 0 Å². The lowest BCUT2D eigenvalue weighted by atomic mass is 10.1. The summed E-state index contributed by atoms with van der Waals surface area (Å²) in [4.78, 5) is 10.9. The molecule has 2 rings (SSSR count). The first-order valence-corrected chi connectivity index (χ1v) is 6.73. The quantitative estimate of drug-likeness (QED) is 0.732. The second-order valence-electron chi connectivity index (χ2n) is 4.74. The van der Waals surface area contributed by atoms with Crippen molar-refractivity contribution in [3.8, 4) is 5.75 Å². The number of rotatable bonds is 6. The highest BCUT2D eigenvalue weighted by Gasteiger charge is 1.99. The predicted molar refractivity (Wildman–Crippen MR) is 80.8 cm³/mol. The molecule has 2 heteroatoms. The number of benzene rings is 1. The van der Waals surface area contributed by atoms with Crippen molar-refractivity contribution < 1.29 is 9.53 Å². The van der Waals surface area contributed by atoms with Gasteiger partial charge in [-0.2, -0.15) is 0 Å². The number of Topliss-reactive ketones (excluding diaryl/α,β-unsaturated/α-hetero) is 1. The molecule has 0 bridgehead atoms. The zero-order chi connectivity index (χ0) is 14.2. The summed E-state index contributed by atoms with van der Waals surface area (Å²) in [7, 11) is 0. The van der Waals surface area contributed by atoms with Crippen molar-refractivity contribution in [1.82, 2.24) is 0 Å². The third-order valence-electron chi connectivity index (χ3n) is 2.99. The van der Waals surface area contributed by atoms with Gasteiger partial charge in [0.25, 0.3) is 0 Å². The van der Waals surface area contributed by atoms with Gasteiger partial charge in [-0.25, -0.2) is 0 Å². The average molecular weight is 266 g/mol. The third-order valence-corrected chi connectivity index (χ3v) is 2.99. The van der Waals surface area contributed by atoms with Crippen LogP contribution in [0, 0.1) is 0 Å². The van der Waals surface area contributed by atoms with E-state index >= 15 is 0 Å². The van der Waals surface area contributed by atoms with Gasteiger partial charge in [-0.15, -0.1) is 5.73 Å². The van der Waals surface area contributed by atoms with Crippen molar-refractivity contribution in [3.63, 3.8) is 0 Å². The van der Waals surface area contributed by atoms with Crippen LogP contribution < -0.4 is 4.74 Å². The molecule has 0 unspecified atom stereocenters. The van der Waals surface area contributed by atoms with Crippen LogP contribution in [0.25, 0.3) is 0 Å². The average Bonchev–Trinajstić information content (AvgIpc) is 2.72. The highest BCUT2D eigenvalue weighted by Crippen LogP contribution is 2.15. The SMILES string of the molecule is CC(=O)CCc1ccc(OCC2=CC=C=CC=C2)cc1. The molecule has 0 fully saturated rings. The van der Waals surface area contributed by atoms with Crippen molar-refractivity contribution >= 4 is 5.78 Å². The molecule has 0 spiro atoms. The van der Waals surface area contributed by atoms with Gasteiger partial charge in [0, 0.05) is 6.42 Å². The first kappa shape index (κ1) is 14.1. The fourth-order valence-electron chi connectivity index (χ4n) is 1.83. The Morgan fingerprint density at radius 2 is 2.00 bits per heavy atom. The van der Waals surface area contributed by atoms with Crippen LogP contribution >= 0.6 is 0 Å². The van der Waals surface area contributed by atoms with Crippen molar-refractivity contribution in [2.45, 2.75) is 19.8 Å². The lowest BCUT2D eigenvalue weighted by Gasteiger charge is -2.07. The Morgan fingerprint density at radius 1 is 1.20 bits per heavy atom. The number of hydrogen-bond donors (Lipinski definition) is 0. The topological polar surface area (TPSA) is 26.3 Å². The normalized spacial score (nSPS) is 12.9. The summed E-state index contributed by atoms with van der Waals surface area (Å²) in [6, 6.07) is 7.92. The number of ether oxygens (including phenoxy) is 1. The number of carbonyl (C=O) groups is 1. The van der Waals surface area contributed by atoms with Crippen LogP contribution in [0.4, 0.5) is 0 Å². The van der Waals surface area contributed by atoms with Gasteiger partial charge in [0.1, 0.15) is 18.1 Å². The Morgan fingerprint density at radius 3 is 2.75 bits per heavy atom. The van der Waals surface area contributed by atoms with E-state index in [1.807, 2.05) is 54.6 Å². The molecule has 0 saturated carbocycles. The molecule has 0 saturated heterocycles. The molecule has 0 aromatic heterocycles. The first-order chi connectivity index (χ1) is 9.74. The van der Waals surface area contributed by atoms with Gasteiger partial charge in [-0.1, -0.05) is 24.3 Å². The lowest BCUT2D eigenvalue weighted by molar-refractivity contribution is -0.116. The van der Waals surface area contributed by atoms with Gasteiger partial charge in [-0.05, 0) is 54.8 Å². The van der Waals surface area contributed by atoms with Crippen molar-refractivity contribution in [3.05, 3.63) is 71.5 Å². The zero-order valence-electron chi connectivity index (χ0n) is 11.6. The summed E-state index contributed by atoms with van der Waals surface area (Å²) in [5, 5.41) is 0. The zero-order valence-corrected chi connectivity index (χ0v) is 11.6. The van der Waals surface area contributed by atoms with E-state index in [-0.39, 0.29) is 5.78 Å². The second kappa shape index (κ2) is 7.32. The maximum atomic E-state index is 10.9. The summed E-state index contributed by atoms with van der Waals surface area (Å²) in [6.07, 6.45) is 11.1. The Hall–Kier alpha value is -2.31. The first-order valence-electron chi connectivity index (χ1n) is 6.73. The van der Waals surface area contributed by atoms with Crippen LogP contribution in [0.3, 0.4) is 0 Å². The Balaban J connectivity index is 1.86. The molecular weight excluding hydrogens is 248 g/mol. The molecule has 0 heterocycles. The molecule has 1 aliphatic carbocycles. The number of carbonyl (C=O) groups excluding carboxylic acids is 1. The maximum Gasteiger partial charge on any atom is 0.130 e. The maximum absolute atomic E-state index is 10.9. The van der Waals surface area contributed by atoms with Crippen LogP contribution in [-0.4, -0.2) is 12.4 Å². The monoisotopic (exact) mass is 266 g/mol. The second-order valence-corrected chi connectivity index (χ2v) is 4.74. The summed E-state index contributed by atoms with van der Waals surface area (Å²) < 4.78 is 5.73. The molecule has 2 nitrogen and oxygen atoms in total. The van der Waals surface area contributed by atoms with Gasteiger partial charge in [0.2, 0.25) is 0 Å². The summed E-state index contributed by atoms with van der Waals surface area (Å²) >= 11 is 0. The molecule has 0 atom stereocenters. The lowest BCUT2D eigenvalue weighted by Crippen LogP contribution is -1.99. The number of hydrogen-bond acceptors (Lipinski definition) is 2.